The number of benzene rings is 1. The van der Waals surface area contributed by atoms with Crippen LogP contribution >= 0.6 is 0 Å². The molecule has 28 heavy (non-hydrogen) atoms. The van der Waals surface area contributed by atoms with Crippen LogP contribution in [0.4, 0.5) is 0 Å². The van der Waals surface area contributed by atoms with Crippen LogP contribution in [0.25, 0.3) is 5.57 Å². The van der Waals surface area contributed by atoms with Crippen molar-refractivity contribution < 1.29 is 4.79 Å². The first-order chi connectivity index (χ1) is 13.8. The van der Waals surface area contributed by atoms with Gasteiger partial charge in [-0.2, -0.15) is 0 Å². The fourth-order valence-corrected chi connectivity index (χ4v) is 4.92. The zero-order valence-corrected chi connectivity index (χ0v) is 16.4. The van der Waals surface area contributed by atoms with Crippen molar-refractivity contribution in [3.05, 3.63) is 53.1 Å². The van der Waals surface area contributed by atoms with Gasteiger partial charge in [-0.15, -0.1) is 10.2 Å². The van der Waals surface area contributed by atoms with Crippen molar-refractivity contribution in [3.63, 3.8) is 0 Å². The normalized spacial score (nSPS) is 20.1. The summed E-state index contributed by atoms with van der Waals surface area (Å²) in [7, 11) is 0. The third kappa shape index (κ3) is 3.27. The lowest BCUT2D eigenvalue weighted by Crippen LogP contribution is -2.38. The van der Waals surface area contributed by atoms with Gasteiger partial charge in [-0.25, -0.2) is 0 Å². The van der Waals surface area contributed by atoms with Gasteiger partial charge in [0.1, 0.15) is 11.6 Å². The Morgan fingerprint density at radius 1 is 0.929 bits per heavy atom. The molecule has 5 nitrogen and oxygen atoms in total. The Hall–Kier alpha value is -2.43. The number of piperidine rings is 1. The second kappa shape index (κ2) is 7.53. The Balaban J connectivity index is 1.23. The molecule has 0 unspecified atom stereocenters. The first-order valence-corrected chi connectivity index (χ1v) is 10.8. The fourth-order valence-electron chi connectivity index (χ4n) is 4.92. The first kappa shape index (κ1) is 17.7. The van der Waals surface area contributed by atoms with E-state index in [1.165, 1.54) is 36.8 Å². The minimum Gasteiger partial charge on any atom is -0.339 e. The quantitative estimate of drug-likeness (QED) is 0.807. The lowest BCUT2D eigenvalue weighted by atomic mass is 9.94. The highest BCUT2D eigenvalue weighted by Crippen LogP contribution is 2.30. The number of nitrogens with zero attached hydrogens (tertiary/aromatic N) is 4. The lowest BCUT2D eigenvalue weighted by molar-refractivity contribution is 0.0710. The predicted octanol–water partition coefficient (Wildman–Crippen LogP) is 4.20. The van der Waals surface area contributed by atoms with E-state index < -0.39 is 0 Å². The van der Waals surface area contributed by atoms with E-state index in [1.807, 2.05) is 17.0 Å². The molecular weight excluding hydrogens is 348 g/mol. The van der Waals surface area contributed by atoms with Crippen LogP contribution in [0.15, 0.2) is 30.3 Å². The molecule has 0 bridgehead atoms. The maximum absolute atomic E-state index is 12.9. The number of rotatable bonds is 3. The summed E-state index contributed by atoms with van der Waals surface area (Å²) in [6.07, 6.45) is 11.4. The molecule has 1 aromatic heterocycles. The van der Waals surface area contributed by atoms with Crippen molar-refractivity contribution in [2.24, 2.45) is 0 Å². The summed E-state index contributed by atoms with van der Waals surface area (Å²) in [6, 6.07) is 8.22. The number of carbonyl (C=O) groups is 1. The van der Waals surface area contributed by atoms with E-state index in [1.54, 1.807) is 0 Å². The minimum absolute atomic E-state index is 0.161. The van der Waals surface area contributed by atoms with E-state index in [4.69, 9.17) is 0 Å². The Morgan fingerprint density at radius 2 is 1.75 bits per heavy atom. The van der Waals surface area contributed by atoms with Gasteiger partial charge in [-0.05, 0) is 68.2 Å². The maximum Gasteiger partial charge on any atom is 0.253 e. The Kier molecular flexibility index (Phi) is 4.75. The van der Waals surface area contributed by atoms with Gasteiger partial charge in [-0.3, -0.25) is 4.79 Å². The second-order valence-electron chi connectivity index (χ2n) is 8.35. The molecule has 0 N–H and O–H groups in total. The van der Waals surface area contributed by atoms with Gasteiger partial charge in [0.05, 0.1) is 0 Å². The van der Waals surface area contributed by atoms with Crippen molar-refractivity contribution >= 4 is 11.5 Å². The van der Waals surface area contributed by atoms with Gasteiger partial charge in [0, 0.05) is 37.5 Å². The number of fused-ring (bicyclic) bond motifs is 1. The topological polar surface area (TPSA) is 51.0 Å². The second-order valence-corrected chi connectivity index (χ2v) is 8.35. The summed E-state index contributed by atoms with van der Waals surface area (Å²) in [5, 5.41) is 8.90. The third-order valence-electron chi connectivity index (χ3n) is 6.58. The van der Waals surface area contributed by atoms with Crippen LogP contribution in [0, 0.1) is 0 Å². The average Bonchev–Trinajstić information content (AvgIpc) is 3.44. The number of hydrogen-bond donors (Lipinski definition) is 0. The SMILES string of the molecule is O=C(c1ccc(C2=CCCC2)cc1)N1CCC(c2nnc3n2CCCC3)CC1. The number of amides is 1. The molecule has 0 atom stereocenters. The minimum atomic E-state index is 0.161. The summed E-state index contributed by atoms with van der Waals surface area (Å²) in [5.74, 6) is 2.89. The van der Waals surface area contributed by atoms with E-state index in [0.29, 0.717) is 5.92 Å². The largest absolute Gasteiger partial charge is 0.339 e. The van der Waals surface area contributed by atoms with E-state index in [0.717, 1.165) is 62.5 Å². The Labute approximate surface area is 166 Å². The summed E-state index contributed by atoms with van der Waals surface area (Å²) in [4.78, 5) is 14.9. The highest BCUT2D eigenvalue weighted by Gasteiger charge is 2.29. The molecule has 2 aromatic rings. The van der Waals surface area contributed by atoms with Crippen LogP contribution in [0.3, 0.4) is 0 Å². The molecule has 1 aromatic carbocycles. The summed E-state index contributed by atoms with van der Waals surface area (Å²) >= 11 is 0. The summed E-state index contributed by atoms with van der Waals surface area (Å²) in [5.41, 5.74) is 3.50. The molecule has 0 spiro atoms. The molecule has 1 saturated heterocycles. The number of likely N-dealkylation sites (tertiary alicyclic amines) is 1. The maximum atomic E-state index is 12.9. The van der Waals surface area contributed by atoms with Crippen molar-refractivity contribution in [2.75, 3.05) is 13.1 Å². The van der Waals surface area contributed by atoms with E-state index >= 15 is 0 Å². The van der Waals surface area contributed by atoms with Crippen molar-refractivity contribution in [1.29, 1.82) is 0 Å². The average molecular weight is 377 g/mol. The molecular formula is C23H28N4O. The number of allylic oxidation sites excluding steroid dienone is 2. The van der Waals surface area contributed by atoms with Crippen LogP contribution in [0.1, 0.15) is 78.4 Å². The zero-order valence-electron chi connectivity index (χ0n) is 16.4. The first-order valence-electron chi connectivity index (χ1n) is 10.8. The molecule has 2 aliphatic heterocycles. The smallest absolute Gasteiger partial charge is 0.253 e. The molecule has 146 valence electrons. The van der Waals surface area contributed by atoms with Gasteiger partial charge in [0.2, 0.25) is 0 Å². The lowest BCUT2D eigenvalue weighted by Gasteiger charge is -2.32. The van der Waals surface area contributed by atoms with E-state index in [2.05, 4.69) is 33.0 Å². The molecule has 3 heterocycles. The Morgan fingerprint density at radius 3 is 2.50 bits per heavy atom. The number of carbonyl (C=O) groups excluding carboxylic acids is 1. The monoisotopic (exact) mass is 376 g/mol. The Bertz CT molecular complexity index is 888. The summed E-state index contributed by atoms with van der Waals surface area (Å²) < 4.78 is 2.34. The predicted molar refractivity (Wildman–Crippen MR) is 109 cm³/mol. The molecule has 1 fully saturated rings. The standard InChI is InChI=1S/C23H28N4O/c28-23(20-10-8-18(9-11-20)17-5-1-2-6-17)26-15-12-19(13-16-26)22-25-24-21-7-3-4-14-27(21)22/h5,8-11,19H,1-4,6-7,12-16H2. The molecule has 5 heteroatoms. The molecule has 1 amide bonds. The highest BCUT2D eigenvalue weighted by molar-refractivity contribution is 5.94. The van der Waals surface area contributed by atoms with Gasteiger partial charge in [-0.1, -0.05) is 18.2 Å². The van der Waals surface area contributed by atoms with Crippen molar-refractivity contribution in [2.45, 2.75) is 63.8 Å². The van der Waals surface area contributed by atoms with Crippen molar-refractivity contribution in [3.8, 4) is 0 Å². The van der Waals surface area contributed by atoms with Crippen LogP contribution in [-0.2, 0) is 13.0 Å². The molecule has 0 radical (unpaired) electrons. The van der Waals surface area contributed by atoms with Crippen LogP contribution < -0.4 is 0 Å². The van der Waals surface area contributed by atoms with Gasteiger partial charge >= 0.3 is 0 Å². The zero-order chi connectivity index (χ0) is 18.9. The summed E-state index contributed by atoms with van der Waals surface area (Å²) in [6.45, 7) is 2.66. The number of aromatic nitrogens is 3. The molecule has 1 aliphatic carbocycles. The fraction of sp³-hybridized carbons (Fsp3) is 0.522. The van der Waals surface area contributed by atoms with Crippen LogP contribution in [-0.4, -0.2) is 38.7 Å². The van der Waals surface area contributed by atoms with Gasteiger partial charge < -0.3 is 9.47 Å². The van der Waals surface area contributed by atoms with Gasteiger partial charge in [0.15, 0.2) is 0 Å². The molecule has 0 saturated carbocycles. The molecule has 3 aliphatic rings. The van der Waals surface area contributed by atoms with Crippen LogP contribution in [0.2, 0.25) is 0 Å². The highest BCUT2D eigenvalue weighted by atomic mass is 16.2. The van der Waals surface area contributed by atoms with E-state index in [9.17, 15) is 4.79 Å². The van der Waals surface area contributed by atoms with Crippen molar-refractivity contribution in [1.82, 2.24) is 19.7 Å². The third-order valence-corrected chi connectivity index (χ3v) is 6.58. The number of hydrogen-bond acceptors (Lipinski definition) is 3. The van der Waals surface area contributed by atoms with Crippen LogP contribution in [0.5, 0.6) is 0 Å². The van der Waals surface area contributed by atoms with Gasteiger partial charge in [0.25, 0.3) is 5.91 Å². The molecule has 5 rings (SSSR count). The number of aryl methyl sites for hydroxylation is 1. The van der Waals surface area contributed by atoms with E-state index in [-0.39, 0.29) is 5.91 Å².